The van der Waals surface area contributed by atoms with Gasteiger partial charge in [0, 0.05) is 20.2 Å². The quantitative estimate of drug-likeness (QED) is 0.479. The standard InChI is InChI=1S/C13H19ClFN3O/c1-3-16-13(17-6-7-19-2)18-9-10-4-5-12(15)11(14)8-10/h4-5,8H,3,6-7,9H2,1-2H3,(H2,16,17,18). The minimum absolute atomic E-state index is 0.116. The molecule has 0 heterocycles. The Morgan fingerprint density at radius 1 is 1.42 bits per heavy atom. The van der Waals surface area contributed by atoms with Crippen molar-refractivity contribution in [3.63, 3.8) is 0 Å². The molecule has 0 atom stereocenters. The number of hydrogen-bond donors (Lipinski definition) is 2. The van der Waals surface area contributed by atoms with Gasteiger partial charge in [0.2, 0.25) is 0 Å². The van der Waals surface area contributed by atoms with Gasteiger partial charge in [-0.2, -0.15) is 0 Å². The smallest absolute Gasteiger partial charge is 0.191 e. The van der Waals surface area contributed by atoms with Crippen molar-refractivity contribution >= 4 is 17.6 Å². The van der Waals surface area contributed by atoms with E-state index in [1.807, 2.05) is 6.92 Å². The van der Waals surface area contributed by atoms with Crippen LogP contribution in [0, 0.1) is 5.82 Å². The predicted molar refractivity (Wildman–Crippen MR) is 76.1 cm³/mol. The molecule has 0 amide bonds. The Balaban J connectivity index is 2.60. The van der Waals surface area contributed by atoms with Crippen LogP contribution >= 0.6 is 11.6 Å². The van der Waals surface area contributed by atoms with Crippen LogP contribution in [0.4, 0.5) is 4.39 Å². The van der Waals surface area contributed by atoms with Gasteiger partial charge in [0.1, 0.15) is 5.82 Å². The van der Waals surface area contributed by atoms with Crippen molar-refractivity contribution in [2.75, 3.05) is 26.8 Å². The molecule has 0 unspecified atom stereocenters. The van der Waals surface area contributed by atoms with Gasteiger partial charge in [-0.25, -0.2) is 9.38 Å². The lowest BCUT2D eigenvalue weighted by atomic mass is 10.2. The molecule has 1 rings (SSSR count). The summed E-state index contributed by atoms with van der Waals surface area (Å²) in [5.41, 5.74) is 0.857. The van der Waals surface area contributed by atoms with Gasteiger partial charge in [0.25, 0.3) is 0 Å². The summed E-state index contributed by atoms with van der Waals surface area (Å²) in [6.45, 7) is 4.47. The number of nitrogens with one attached hydrogen (secondary N) is 2. The van der Waals surface area contributed by atoms with Gasteiger partial charge in [-0.3, -0.25) is 0 Å². The third-order valence-electron chi connectivity index (χ3n) is 2.35. The fourth-order valence-electron chi connectivity index (χ4n) is 1.42. The Hall–Kier alpha value is -1.33. The summed E-state index contributed by atoms with van der Waals surface area (Å²) < 4.78 is 18.0. The van der Waals surface area contributed by atoms with Gasteiger partial charge in [-0.15, -0.1) is 0 Å². The van der Waals surface area contributed by atoms with E-state index in [4.69, 9.17) is 16.3 Å². The zero-order valence-corrected chi connectivity index (χ0v) is 11.9. The highest BCUT2D eigenvalue weighted by molar-refractivity contribution is 6.30. The normalized spacial score (nSPS) is 11.5. The number of benzene rings is 1. The van der Waals surface area contributed by atoms with Crippen LogP contribution in [0.25, 0.3) is 0 Å². The number of halogens is 2. The molecule has 106 valence electrons. The molecular formula is C13H19ClFN3O. The van der Waals surface area contributed by atoms with Crippen molar-refractivity contribution in [3.05, 3.63) is 34.6 Å². The maximum absolute atomic E-state index is 13.0. The molecule has 2 N–H and O–H groups in total. The molecule has 0 spiro atoms. The van der Waals surface area contributed by atoms with Crippen LogP contribution in [-0.2, 0) is 11.3 Å². The van der Waals surface area contributed by atoms with Gasteiger partial charge in [-0.1, -0.05) is 17.7 Å². The van der Waals surface area contributed by atoms with Crippen LogP contribution in [-0.4, -0.2) is 32.8 Å². The van der Waals surface area contributed by atoms with E-state index in [2.05, 4.69) is 15.6 Å². The molecule has 0 radical (unpaired) electrons. The lowest BCUT2D eigenvalue weighted by Gasteiger charge is -2.10. The first kappa shape index (κ1) is 15.7. The summed E-state index contributed by atoms with van der Waals surface area (Å²) in [5, 5.41) is 6.35. The first-order valence-electron chi connectivity index (χ1n) is 6.12. The Morgan fingerprint density at radius 3 is 2.84 bits per heavy atom. The second-order valence-corrected chi connectivity index (χ2v) is 4.27. The van der Waals surface area contributed by atoms with Gasteiger partial charge in [0.15, 0.2) is 5.96 Å². The zero-order valence-electron chi connectivity index (χ0n) is 11.2. The summed E-state index contributed by atoms with van der Waals surface area (Å²) in [4.78, 5) is 4.38. The molecule has 0 saturated heterocycles. The fourth-order valence-corrected chi connectivity index (χ4v) is 1.62. The average molecular weight is 288 g/mol. The number of aliphatic imine (C=N–C) groups is 1. The van der Waals surface area contributed by atoms with Gasteiger partial charge < -0.3 is 15.4 Å². The van der Waals surface area contributed by atoms with E-state index in [-0.39, 0.29) is 5.02 Å². The number of nitrogens with zero attached hydrogens (tertiary/aromatic N) is 1. The highest BCUT2D eigenvalue weighted by Crippen LogP contribution is 2.16. The van der Waals surface area contributed by atoms with E-state index in [9.17, 15) is 4.39 Å². The SMILES string of the molecule is CCNC(=NCc1ccc(F)c(Cl)c1)NCCOC. The summed E-state index contributed by atoms with van der Waals surface area (Å²) in [6.07, 6.45) is 0. The minimum Gasteiger partial charge on any atom is -0.383 e. The highest BCUT2D eigenvalue weighted by Gasteiger charge is 2.01. The topological polar surface area (TPSA) is 45.7 Å². The second-order valence-electron chi connectivity index (χ2n) is 3.86. The number of ether oxygens (including phenoxy) is 1. The third-order valence-corrected chi connectivity index (χ3v) is 2.64. The first-order valence-corrected chi connectivity index (χ1v) is 6.50. The van der Waals surface area contributed by atoms with E-state index in [0.717, 1.165) is 12.1 Å². The van der Waals surface area contributed by atoms with Crippen LogP contribution in [0.15, 0.2) is 23.2 Å². The molecule has 1 aromatic rings. The van der Waals surface area contributed by atoms with E-state index >= 15 is 0 Å². The van der Waals surface area contributed by atoms with E-state index in [1.165, 1.54) is 6.07 Å². The molecule has 1 aromatic carbocycles. The zero-order chi connectivity index (χ0) is 14.1. The third kappa shape index (κ3) is 5.89. The summed E-state index contributed by atoms with van der Waals surface area (Å²) >= 11 is 5.72. The number of hydrogen-bond acceptors (Lipinski definition) is 2. The molecule has 0 saturated carbocycles. The van der Waals surface area contributed by atoms with Crippen molar-refractivity contribution in [2.45, 2.75) is 13.5 Å². The van der Waals surface area contributed by atoms with Crippen molar-refractivity contribution < 1.29 is 9.13 Å². The van der Waals surface area contributed by atoms with Crippen LogP contribution in [0.3, 0.4) is 0 Å². The van der Waals surface area contributed by atoms with Crippen molar-refractivity contribution in [1.29, 1.82) is 0 Å². The number of guanidine groups is 1. The lowest BCUT2D eigenvalue weighted by Crippen LogP contribution is -2.38. The monoisotopic (exact) mass is 287 g/mol. The molecular weight excluding hydrogens is 269 g/mol. The van der Waals surface area contributed by atoms with Crippen molar-refractivity contribution in [1.82, 2.24) is 10.6 Å². The molecule has 4 nitrogen and oxygen atoms in total. The van der Waals surface area contributed by atoms with Crippen LogP contribution in [0.1, 0.15) is 12.5 Å². The van der Waals surface area contributed by atoms with E-state index < -0.39 is 5.82 Å². The summed E-state index contributed by atoms with van der Waals surface area (Å²) in [6, 6.07) is 4.60. The molecule has 0 aromatic heterocycles. The second kappa shape index (κ2) is 8.72. The van der Waals surface area contributed by atoms with E-state index in [0.29, 0.717) is 25.7 Å². The first-order chi connectivity index (χ1) is 9.17. The van der Waals surface area contributed by atoms with Crippen molar-refractivity contribution in [3.8, 4) is 0 Å². The molecule has 19 heavy (non-hydrogen) atoms. The molecule has 0 aliphatic rings. The minimum atomic E-state index is -0.417. The molecule has 6 heteroatoms. The maximum atomic E-state index is 13.0. The predicted octanol–water partition coefficient (Wildman–Crippen LogP) is 2.18. The Labute approximate surface area is 118 Å². The van der Waals surface area contributed by atoms with Crippen LogP contribution in [0.2, 0.25) is 5.02 Å². The average Bonchev–Trinajstić information content (AvgIpc) is 2.40. The van der Waals surface area contributed by atoms with Crippen LogP contribution in [0.5, 0.6) is 0 Å². The number of rotatable bonds is 6. The fraction of sp³-hybridized carbons (Fsp3) is 0.462. The van der Waals surface area contributed by atoms with Gasteiger partial charge >= 0.3 is 0 Å². The number of methoxy groups -OCH3 is 1. The van der Waals surface area contributed by atoms with Crippen molar-refractivity contribution in [2.24, 2.45) is 4.99 Å². The lowest BCUT2D eigenvalue weighted by molar-refractivity contribution is 0.203. The van der Waals surface area contributed by atoms with Gasteiger partial charge in [-0.05, 0) is 24.6 Å². The van der Waals surface area contributed by atoms with Crippen LogP contribution < -0.4 is 10.6 Å². The molecule has 0 aliphatic carbocycles. The Bertz CT molecular complexity index is 426. The maximum Gasteiger partial charge on any atom is 0.191 e. The highest BCUT2D eigenvalue weighted by atomic mass is 35.5. The van der Waals surface area contributed by atoms with E-state index in [1.54, 1.807) is 19.2 Å². The Morgan fingerprint density at radius 2 is 2.21 bits per heavy atom. The summed E-state index contributed by atoms with van der Waals surface area (Å²) in [7, 11) is 1.65. The summed E-state index contributed by atoms with van der Waals surface area (Å²) in [5.74, 6) is 0.277. The van der Waals surface area contributed by atoms with Gasteiger partial charge in [0.05, 0.1) is 18.2 Å². The Kier molecular flexibility index (Phi) is 7.22. The molecule has 0 bridgehead atoms. The molecule has 0 aliphatic heterocycles. The molecule has 0 fully saturated rings. The largest absolute Gasteiger partial charge is 0.383 e.